The van der Waals surface area contributed by atoms with Gasteiger partial charge in [-0.3, -0.25) is 0 Å². The van der Waals surface area contributed by atoms with Crippen LogP contribution in [0.2, 0.25) is 0 Å². The minimum absolute atomic E-state index is 0.475. The van der Waals surface area contributed by atoms with Gasteiger partial charge in [0.1, 0.15) is 5.82 Å². The first-order valence-corrected chi connectivity index (χ1v) is 4.74. The summed E-state index contributed by atoms with van der Waals surface area (Å²) in [7, 11) is 0. The van der Waals surface area contributed by atoms with Crippen molar-refractivity contribution in [1.82, 2.24) is 4.98 Å². The number of aryl methyl sites for hydroxylation is 1. The number of anilines is 1. The van der Waals surface area contributed by atoms with Gasteiger partial charge in [-0.05, 0) is 40.4 Å². The van der Waals surface area contributed by atoms with Gasteiger partial charge in [0.25, 0.3) is 0 Å². The van der Waals surface area contributed by atoms with E-state index < -0.39 is 0 Å². The zero-order valence-electron chi connectivity index (χ0n) is 7.56. The largest absolute Gasteiger partial charge is 0.384 e. The number of nitrogens with zero attached hydrogens (tertiary/aromatic N) is 1. The van der Waals surface area contributed by atoms with Gasteiger partial charge in [0.2, 0.25) is 0 Å². The highest BCUT2D eigenvalue weighted by Crippen LogP contribution is 2.27. The van der Waals surface area contributed by atoms with Gasteiger partial charge in [-0.1, -0.05) is 13.8 Å². The highest BCUT2D eigenvalue weighted by atomic mass is 79.9. The van der Waals surface area contributed by atoms with Crippen LogP contribution < -0.4 is 5.73 Å². The van der Waals surface area contributed by atoms with E-state index in [0.29, 0.717) is 11.7 Å². The number of hydrogen-bond acceptors (Lipinski definition) is 2. The zero-order valence-corrected chi connectivity index (χ0v) is 9.14. The Kier molecular flexibility index (Phi) is 2.73. The summed E-state index contributed by atoms with van der Waals surface area (Å²) in [5.74, 6) is 1.07. The lowest BCUT2D eigenvalue weighted by molar-refractivity contribution is 0.853. The van der Waals surface area contributed by atoms with E-state index >= 15 is 0 Å². The average Bonchev–Trinajstić information content (AvgIpc) is 1.96. The summed E-state index contributed by atoms with van der Waals surface area (Å²) < 4.78 is 1.08. The SMILES string of the molecule is Cc1nc(N)cc(C(C)C)c1Br. The van der Waals surface area contributed by atoms with Crippen LogP contribution in [0, 0.1) is 6.92 Å². The fourth-order valence-electron chi connectivity index (χ4n) is 1.13. The Morgan fingerprint density at radius 2 is 2.08 bits per heavy atom. The van der Waals surface area contributed by atoms with Crippen LogP contribution in [-0.4, -0.2) is 4.98 Å². The average molecular weight is 229 g/mol. The van der Waals surface area contributed by atoms with Crippen molar-refractivity contribution >= 4 is 21.7 Å². The van der Waals surface area contributed by atoms with Gasteiger partial charge in [0.05, 0.1) is 5.69 Å². The molecular weight excluding hydrogens is 216 g/mol. The van der Waals surface area contributed by atoms with Crippen LogP contribution in [0.3, 0.4) is 0 Å². The lowest BCUT2D eigenvalue weighted by atomic mass is 10.0. The molecule has 2 N–H and O–H groups in total. The second-order valence-electron chi connectivity index (χ2n) is 3.19. The van der Waals surface area contributed by atoms with Crippen LogP contribution in [0.5, 0.6) is 0 Å². The summed E-state index contributed by atoms with van der Waals surface area (Å²) in [6.45, 7) is 6.23. The molecule has 2 nitrogen and oxygen atoms in total. The molecule has 0 aliphatic carbocycles. The van der Waals surface area contributed by atoms with Gasteiger partial charge in [-0.25, -0.2) is 4.98 Å². The first-order valence-electron chi connectivity index (χ1n) is 3.95. The van der Waals surface area contributed by atoms with E-state index in [2.05, 4.69) is 34.8 Å². The third-order valence-electron chi connectivity index (χ3n) is 1.79. The van der Waals surface area contributed by atoms with Crippen molar-refractivity contribution in [3.63, 3.8) is 0 Å². The Hall–Kier alpha value is -0.570. The zero-order chi connectivity index (χ0) is 9.30. The summed E-state index contributed by atoms with van der Waals surface area (Å²) in [6, 6.07) is 1.92. The topological polar surface area (TPSA) is 38.9 Å². The molecule has 12 heavy (non-hydrogen) atoms. The highest BCUT2D eigenvalue weighted by Gasteiger charge is 2.08. The standard InChI is InChI=1S/C9H13BrN2/c1-5(2)7-4-8(11)12-6(3)9(7)10/h4-5H,1-3H3,(H2,11,12). The molecule has 0 aliphatic rings. The molecule has 1 heterocycles. The van der Waals surface area contributed by atoms with Crippen LogP contribution in [0.15, 0.2) is 10.5 Å². The molecule has 0 aromatic carbocycles. The van der Waals surface area contributed by atoms with Crippen molar-refractivity contribution < 1.29 is 0 Å². The van der Waals surface area contributed by atoms with E-state index in [1.165, 1.54) is 5.56 Å². The molecule has 0 saturated carbocycles. The van der Waals surface area contributed by atoms with E-state index in [9.17, 15) is 0 Å². The van der Waals surface area contributed by atoms with Gasteiger partial charge < -0.3 is 5.73 Å². The molecule has 0 aliphatic heterocycles. The monoisotopic (exact) mass is 228 g/mol. The van der Waals surface area contributed by atoms with Crippen LogP contribution in [-0.2, 0) is 0 Å². The Morgan fingerprint density at radius 3 is 2.58 bits per heavy atom. The van der Waals surface area contributed by atoms with Gasteiger partial charge in [0.15, 0.2) is 0 Å². The molecule has 3 heteroatoms. The van der Waals surface area contributed by atoms with Crippen LogP contribution in [0.25, 0.3) is 0 Å². The van der Waals surface area contributed by atoms with Gasteiger partial charge in [-0.15, -0.1) is 0 Å². The normalized spacial score (nSPS) is 10.8. The van der Waals surface area contributed by atoms with Crippen LogP contribution >= 0.6 is 15.9 Å². The maximum absolute atomic E-state index is 5.63. The summed E-state index contributed by atoms with van der Waals surface area (Å²) in [5.41, 5.74) is 7.81. The molecule has 0 spiro atoms. The fraction of sp³-hybridized carbons (Fsp3) is 0.444. The Balaban J connectivity index is 3.28. The number of halogens is 1. The quantitative estimate of drug-likeness (QED) is 0.804. The molecule has 0 fully saturated rings. The third kappa shape index (κ3) is 1.78. The molecule has 0 atom stereocenters. The number of pyridine rings is 1. The summed E-state index contributed by atoms with van der Waals surface area (Å²) >= 11 is 3.50. The molecule has 0 radical (unpaired) electrons. The molecule has 0 saturated heterocycles. The molecule has 66 valence electrons. The van der Waals surface area contributed by atoms with Crippen molar-refractivity contribution in [2.24, 2.45) is 0 Å². The molecule has 0 unspecified atom stereocenters. The highest BCUT2D eigenvalue weighted by molar-refractivity contribution is 9.10. The first kappa shape index (κ1) is 9.52. The molecule has 0 amide bonds. The Labute approximate surface area is 81.3 Å². The maximum atomic E-state index is 5.63. The van der Waals surface area contributed by atoms with Gasteiger partial charge in [-0.2, -0.15) is 0 Å². The van der Waals surface area contributed by atoms with Crippen molar-refractivity contribution in [3.05, 3.63) is 21.8 Å². The van der Waals surface area contributed by atoms with Gasteiger partial charge >= 0.3 is 0 Å². The molecule has 0 bridgehead atoms. The first-order chi connectivity index (χ1) is 5.52. The van der Waals surface area contributed by atoms with Gasteiger partial charge in [0, 0.05) is 4.47 Å². The van der Waals surface area contributed by atoms with E-state index in [1.807, 2.05) is 13.0 Å². The summed E-state index contributed by atoms with van der Waals surface area (Å²) in [6.07, 6.45) is 0. The number of aromatic nitrogens is 1. The summed E-state index contributed by atoms with van der Waals surface area (Å²) in [4.78, 5) is 4.15. The molecule has 1 aromatic heterocycles. The molecule has 1 aromatic rings. The minimum Gasteiger partial charge on any atom is -0.384 e. The predicted molar refractivity (Wildman–Crippen MR) is 55.2 cm³/mol. The molecular formula is C9H13BrN2. The van der Waals surface area contributed by atoms with E-state index in [4.69, 9.17) is 5.73 Å². The predicted octanol–water partition coefficient (Wildman–Crippen LogP) is 2.86. The maximum Gasteiger partial charge on any atom is 0.123 e. The van der Waals surface area contributed by atoms with E-state index in [0.717, 1.165) is 10.2 Å². The number of nitrogen functional groups attached to an aromatic ring is 1. The minimum atomic E-state index is 0.475. The molecule has 1 rings (SSSR count). The third-order valence-corrected chi connectivity index (χ3v) is 2.82. The number of rotatable bonds is 1. The fourth-order valence-corrected chi connectivity index (χ4v) is 1.79. The van der Waals surface area contributed by atoms with E-state index in [1.54, 1.807) is 0 Å². The Morgan fingerprint density at radius 1 is 1.50 bits per heavy atom. The Bertz CT molecular complexity index is 295. The van der Waals surface area contributed by atoms with Crippen molar-refractivity contribution in [3.8, 4) is 0 Å². The summed E-state index contributed by atoms with van der Waals surface area (Å²) in [5, 5.41) is 0. The second kappa shape index (κ2) is 3.44. The van der Waals surface area contributed by atoms with Crippen molar-refractivity contribution in [2.45, 2.75) is 26.7 Å². The number of nitrogens with two attached hydrogens (primary N) is 1. The van der Waals surface area contributed by atoms with Crippen LogP contribution in [0.4, 0.5) is 5.82 Å². The smallest absolute Gasteiger partial charge is 0.123 e. The lowest BCUT2D eigenvalue weighted by Gasteiger charge is -2.10. The van der Waals surface area contributed by atoms with Crippen molar-refractivity contribution in [2.75, 3.05) is 5.73 Å². The lowest BCUT2D eigenvalue weighted by Crippen LogP contribution is -1.99. The van der Waals surface area contributed by atoms with Crippen molar-refractivity contribution in [1.29, 1.82) is 0 Å². The van der Waals surface area contributed by atoms with E-state index in [-0.39, 0.29) is 0 Å². The van der Waals surface area contributed by atoms with Crippen LogP contribution in [0.1, 0.15) is 31.0 Å². The second-order valence-corrected chi connectivity index (χ2v) is 3.98. The number of hydrogen-bond donors (Lipinski definition) is 1.